The Morgan fingerprint density at radius 3 is 2.71 bits per heavy atom. The maximum absolute atomic E-state index is 5.33. The van der Waals surface area contributed by atoms with E-state index in [0.29, 0.717) is 6.04 Å². The molecular formula is C11H23NO2. The fraction of sp³-hybridized carbons (Fsp3) is 1.00. The highest BCUT2D eigenvalue weighted by Crippen LogP contribution is 2.13. The molecule has 0 aliphatic carbocycles. The second kappa shape index (κ2) is 7.21. The first-order chi connectivity index (χ1) is 6.86. The maximum atomic E-state index is 5.33. The molecule has 0 spiro atoms. The second-order valence-electron chi connectivity index (χ2n) is 4.02. The van der Waals surface area contributed by atoms with Crippen LogP contribution in [0.2, 0.25) is 0 Å². The van der Waals surface area contributed by atoms with Gasteiger partial charge in [-0.25, -0.2) is 0 Å². The van der Waals surface area contributed by atoms with Gasteiger partial charge in [-0.2, -0.15) is 0 Å². The van der Waals surface area contributed by atoms with Gasteiger partial charge in [-0.1, -0.05) is 6.92 Å². The van der Waals surface area contributed by atoms with E-state index in [9.17, 15) is 0 Å². The molecule has 1 saturated heterocycles. The largest absolute Gasteiger partial charge is 0.383 e. The monoisotopic (exact) mass is 201 g/mol. The first-order valence-corrected chi connectivity index (χ1v) is 5.66. The smallest absolute Gasteiger partial charge is 0.0615 e. The molecule has 0 aromatic carbocycles. The zero-order chi connectivity index (χ0) is 10.2. The third kappa shape index (κ3) is 4.40. The predicted octanol–water partition coefficient (Wildman–Crippen LogP) is 1.43. The quantitative estimate of drug-likeness (QED) is 0.705. The number of rotatable bonds is 6. The molecule has 0 aromatic rings. The predicted molar refractivity (Wildman–Crippen MR) is 57.5 cm³/mol. The summed E-state index contributed by atoms with van der Waals surface area (Å²) >= 11 is 0. The summed E-state index contributed by atoms with van der Waals surface area (Å²) < 4.78 is 10.5. The Morgan fingerprint density at radius 2 is 2.14 bits per heavy atom. The molecule has 3 heteroatoms. The van der Waals surface area contributed by atoms with Crippen molar-refractivity contribution in [3.8, 4) is 0 Å². The van der Waals surface area contributed by atoms with Crippen molar-refractivity contribution in [1.82, 2.24) is 5.32 Å². The Kier molecular flexibility index (Phi) is 6.15. The number of hydrogen-bond acceptors (Lipinski definition) is 3. The average molecular weight is 201 g/mol. The van der Waals surface area contributed by atoms with E-state index in [4.69, 9.17) is 9.47 Å². The summed E-state index contributed by atoms with van der Waals surface area (Å²) in [5.41, 5.74) is 0. The number of ether oxygens (including phenoxy) is 2. The lowest BCUT2D eigenvalue weighted by Crippen LogP contribution is -2.37. The van der Waals surface area contributed by atoms with Gasteiger partial charge in [-0.05, 0) is 31.7 Å². The molecule has 1 unspecified atom stereocenters. The molecule has 1 aliphatic rings. The van der Waals surface area contributed by atoms with Crippen LogP contribution in [0.15, 0.2) is 0 Å². The summed E-state index contributed by atoms with van der Waals surface area (Å²) in [6, 6.07) is 0.517. The molecular weight excluding hydrogens is 178 g/mol. The van der Waals surface area contributed by atoms with Gasteiger partial charge in [0.1, 0.15) is 0 Å². The van der Waals surface area contributed by atoms with Crippen LogP contribution in [0.25, 0.3) is 0 Å². The normalized spacial score (nSPS) is 21.0. The fourth-order valence-corrected chi connectivity index (χ4v) is 1.81. The Hall–Kier alpha value is -0.120. The van der Waals surface area contributed by atoms with Gasteiger partial charge in [0.15, 0.2) is 0 Å². The molecule has 1 aliphatic heterocycles. The van der Waals surface area contributed by atoms with E-state index in [1.807, 2.05) is 0 Å². The van der Waals surface area contributed by atoms with Gasteiger partial charge in [-0.3, -0.25) is 0 Å². The van der Waals surface area contributed by atoms with Crippen molar-refractivity contribution in [1.29, 1.82) is 0 Å². The van der Waals surface area contributed by atoms with Gasteiger partial charge in [0.05, 0.1) is 6.61 Å². The Morgan fingerprint density at radius 1 is 1.43 bits per heavy atom. The van der Waals surface area contributed by atoms with Crippen LogP contribution in [-0.2, 0) is 9.47 Å². The number of nitrogens with one attached hydrogen (secondary N) is 1. The highest BCUT2D eigenvalue weighted by molar-refractivity contribution is 4.70. The summed E-state index contributed by atoms with van der Waals surface area (Å²) in [4.78, 5) is 0. The van der Waals surface area contributed by atoms with Crippen molar-refractivity contribution < 1.29 is 9.47 Å². The maximum Gasteiger partial charge on any atom is 0.0615 e. The van der Waals surface area contributed by atoms with Crippen LogP contribution in [0.1, 0.15) is 26.2 Å². The van der Waals surface area contributed by atoms with Gasteiger partial charge >= 0.3 is 0 Å². The standard InChI is InChI=1S/C11H23NO2/c1-3-11(9-13-2)12-8-10-4-6-14-7-5-10/h10-12H,3-9H2,1-2H3. The van der Waals surface area contributed by atoms with Gasteiger partial charge in [-0.15, -0.1) is 0 Å². The molecule has 3 nitrogen and oxygen atoms in total. The minimum Gasteiger partial charge on any atom is -0.383 e. The third-order valence-electron chi connectivity index (χ3n) is 2.90. The molecule has 1 heterocycles. The van der Waals surface area contributed by atoms with Crippen LogP contribution in [0.4, 0.5) is 0 Å². The van der Waals surface area contributed by atoms with E-state index in [2.05, 4.69) is 12.2 Å². The molecule has 0 bridgehead atoms. The van der Waals surface area contributed by atoms with Crippen LogP contribution in [0, 0.1) is 5.92 Å². The lowest BCUT2D eigenvalue weighted by Gasteiger charge is -2.25. The molecule has 0 aromatic heterocycles. The summed E-state index contributed by atoms with van der Waals surface area (Å²) in [6.07, 6.45) is 3.55. The zero-order valence-electron chi connectivity index (χ0n) is 9.42. The highest BCUT2D eigenvalue weighted by Gasteiger charge is 2.14. The third-order valence-corrected chi connectivity index (χ3v) is 2.90. The highest BCUT2D eigenvalue weighted by atomic mass is 16.5. The molecule has 0 amide bonds. The molecule has 0 radical (unpaired) electrons. The minimum absolute atomic E-state index is 0.517. The molecule has 84 valence electrons. The van der Waals surface area contributed by atoms with Crippen molar-refractivity contribution in [3.05, 3.63) is 0 Å². The summed E-state index contributed by atoms with van der Waals surface area (Å²) in [5, 5.41) is 3.56. The first-order valence-electron chi connectivity index (χ1n) is 5.66. The van der Waals surface area contributed by atoms with Crippen LogP contribution in [0.3, 0.4) is 0 Å². The van der Waals surface area contributed by atoms with Crippen LogP contribution >= 0.6 is 0 Å². The van der Waals surface area contributed by atoms with Gasteiger partial charge in [0.2, 0.25) is 0 Å². The minimum atomic E-state index is 0.517. The fourth-order valence-electron chi connectivity index (χ4n) is 1.81. The van der Waals surface area contributed by atoms with E-state index in [0.717, 1.165) is 38.7 Å². The number of methoxy groups -OCH3 is 1. The Labute approximate surface area is 87.2 Å². The summed E-state index contributed by atoms with van der Waals surface area (Å²) in [7, 11) is 1.76. The molecule has 14 heavy (non-hydrogen) atoms. The van der Waals surface area contributed by atoms with Gasteiger partial charge < -0.3 is 14.8 Å². The van der Waals surface area contributed by atoms with E-state index in [-0.39, 0.29) is 0 Å². The van der Waals surface area contributed by atoms with Gasteiger partial charge in [0, 0.05) is 26.4 Å². The Balaban J connectivity index is 2.10. The van der Waals surface area contributed by atoms with Crippen molar-refractivity contribution in [2.75, 3.05) is 33.5 Å². The van der Waals surface area contributed by atoms with Crippen LogP contribution in [0.5, 0.6) is 0 Å². The lowest BCUT2D eigenvalue weighted by atomic mass is 10.00. The van der Waals surface area contributed by atoms with E-state index >= 15 is 0 Å². The molecule has 1 rings (SSSR count). The van der Waals surface area contributed by atoms with E-state index < -0.39 is 0 Å². The van der Waals surface area contributed by atoms with Crippen molar-refractivity contribution >= 4 is 0 Å². The summed E-state index contributed by atoms with van der Waals surface area (Å²) in [6.45, 7) is 6.01. The molecule has 1 atom stereocenters. The first kappa shape index (κ1) is 12.0. The topological polar surface area (TPSA) is 30.5 Å². The second-order valence-corrected chi connectivity index (χ2v) is 4.02. The Bertz CT molecular complexity index is 130. The van der Waals surface area contributed by atoms with Crippen LogP contribution in [-0.4, -0.2) is 39.5 Å². The van der Waals surface area contributed by atoms with Crippen molar-refractivity contribution in [3.63, 3.8) is 0 Å². The van der Waals surface area contributed by atoms with E-state index in [1.165, 1.54) is 12.8 Å². The van der Waals surface area contributed by atoms with Crippen molar-refractivity contribution in [2.45, 2.75) is 32.2 Å². The van der Waals surface area contributed by atoms with Crippen LogP contribution < -0.4 is 5.32 Å². The lowest BCUT2D eigenvalue weighted by molar-refractivity contribution is 0.0637. The zero-order valence-corrected chi connectivity index (χ0v) is 9.42. The van der Waals surface area contributed by atoms with E-state index in [1.54, 1.807) is 7.11 Å². The molecule has 1 fully saturated rings. The molecule has 1 N–H and O–H groups in total. The van der Waals surface area contributed by atoms with Gasteiger partial charge in [0.25, 0.3) is 0 Å². The van der Waals surface area contributed by atoms with Crippen molar-refractivity contribution in [2.24, 2.45) is 5.92 Å². The number of hydrogen-bond donors (Lipinski definition) is 1. The average Bonchev–Trinajstić information content (AvgIpc) is 2.25. The SMILES string of the molecule is CCC(COC)NCC1CCOCC1. The molecule has 0 saturated carbocycles. The summed E-state index contributed by atoms with van der Waals surface area (Å²) in [5.74, 6) is 0.801.